The average molecular weight is 321 g/mol. The lowest BCUT2D eigenvalue weighted by Crippen LogP contribution is -2.41. The van der Waals surface area contributed by atoms with Crippen LogP contribution in [-0.4, -0.2) is 34.9 Å². The second kappa shape index (κ2) is 6.67. The first kappa shape index (κ1) is 15.9. The van der Waals surface area contributed by atoms with E-state index in [1.807, 2.05) is 0 Å². The van der Waals surface area contributed by atoms with Gasteiger partial charge in [0.2, 0.25) is 5.91 Å². The lowest BCUT2D eigenvalue weighted by atomic mass is 9.95. The Bertz CT molecular complexity index is 523. The Morgan fingerprint density at radius 1 is 1.32 bits per heavy atom. The SMILES string of the molecule is Cc1nc(C2CCCN(C(=O)C[C@@H]3CCC[C@H]3N)C2)sc1C. The average Bonchev–Trinajstić information content (AvgIpc) is 3.06. The number of carbonyl (C=O) groups is 1. The van der Waals surface area contributed by atoms with Gasteiger partial charge in [0.25, 0.3) is 0 Å². The summed E-state index contributed by atoms with van der Waals surface area (Å²) in [7, 11) is 0. The van der Waals surface area contributed by atoms with E-state index in [9.17, 15) is 4.79 Å². The second-order valence-corrected chi connectivity index (χ2v) is 8.17. The minimum Gasteiger partial charge on any atom is -0.342 e. The fourth-order valence-electron chi connectivity index (χ4n) is 3.75. The van der Waals surface area contributed by atoms with E-state index in [0.717, 1.165) is 44.5 Å². The van der Waals surface area contributed by atoms with Crippen LogP contribution >= 0.6 is 11.3 Å². The van der Waals surface area contributed by atoms with Crippen LogP contribution in [0.2, 0.25) is 0 Å². The third-order valence-electron chi connectivity index (χ3n) is 5.32. The molecule has 5 heteroatoms. The fraction of sp³-hybridized carbons (Fsp3) is 0.765. The molecule has 2 heterocycles. The number of nitrogens with two attached hydrogens (primary N) is 1. The Morgan fingerprint density at radius 3 is 2.77 bits per heavy atom. The van der Waals surface area contributed by atoms with Gasteiger partial charge >= 0.3 is 0 Å². The van der Waals surface area contributed by atoms with Crippen molar-refractivity contribution >= 4 is 17.2 Å². The largest absolute Gasteiger partial charge is 0.342 e. The van der Waals surface area contributed by atoms with E-state index in [2.05, 4.69) is 18.7 Å². The molecule has 1 aromatic rings. The van der Waals surface area contributed by atoms with E-state index in [0.29, 0.717) is 24.2 Å². The maximum absolute atomic E-state index is 12.6. The van der Waals surface area contributed by atoms with Crippen LogP contribution in [0.1, 0.15) is 60.0 Å². The number of carbonyl (C=O) groups excluding carboxylic acids is 1. The molecule has 1 saturated carbocycles. The van der Waals surface area contributed by atoms with Crippen molar-refractivity contribution in [2.45, 2.75) is 64.3 Å². The molecular weight excluding hydrogens is 294 g/mol. The van der Waals surface area contributed by atoms with E-state index >= 15 is 0 Å². The van der Waals surface area contributed by atoms with Gasteiger partial charge in [0.15, 0.2) is 0 Å². The van der Waals surface area contributed by atoms with Gasteiger partial charge < -0.3 is 10.6 Å². The number of aryl methyl sites for hydroxylation is 2. The van der Waals surface area contributed by atoms with E-state index in [1.165, 1.54) is 16.3 Å². The van der Waals surface area contributed by atoms with Gasteiger partial charge in [-0.05, 0) is 45.4 Å². The van der Waals surface area contributed by atoms with Gasteiger partial charge in [-0.2, -0.15) is 0 Å². The monoisotopic (exact) mass is 321 g/mol. The van der Waals surface area contributed by atoms with Crippen molar-refractivity contribution in [2.75, 3.05) is 13.1 Å². The highest BCUT2D eigenvalue weighted by atomic mass is 32.1. The molecule has 0 bridgehead atoms. The first-order chi connectivity index (χ1) is 10.5. The van der Waals surface area contributed by atoms with Crippen LogP contribution in [0.15, 0.2) is 0 Å². The van der Waals surface area contributed by atoms with Gasteiger partial charge in [0, 0.05) is 36.3 Å². The van der Waals surface area contributed by atoms with Crippen LogP contribution in [-0.2, 0) is 4.79 Å². The van der Waals surface area contributed by atoms with E-state index in [4.69, 9.17) is 10.7 Å². The summed E-state index contributed by atoms with van der Waals surface area (Å²) < 4.78 is 0. The standard InChI is InChI=1S/C17H27N3OS/c1-11-12(2)22-17(19-11)14-6-4-8-20(10-14)16(21)9-13-5-3-7-15(13)18/h13-15H,3-10,18H2,1-2H3/t13-,14?,15+/m0/s1. The fourth-order valence-corrected chi connectivity index (χ4v) is 4.80. The van der Waals surface area contributed by atoms with Gasteiger partial charge in [0.1, 0.15) is 0 Å². The van der Waals surface area contributed by atoms with Crippen LogP contribution in [0.4, 0.5) is 0 Å². The molecule has 3 rings (SSSR count). The molecule has 122 valence electrons. The van der Waals surface area contributed by atoms with Crippen LogP contribution in [0, 0.1) is 19.8 Å². The normalized spacial score (nSPS) is 29.0. The number of hydrogen-bond donors (Lipinski definition) is 1. The van der Waals surface area contributed by atoms with Crippen LogP contribution in [0.25, 0.3) is 0 Å². The molecule has 22 heavy (non-hydrogen) atoms. The van der Waals surface area contributed by atoms with Crippen molar-refractivity contribution in [1.82, 2.24) is 9.88 Å². The molecule has 1 saturated heterocycles. The molecule has 0 spiro atoms. The first-order valence-electron chi connectivity index (χ1n) is 8.52. The number of aromatic nitrogens is 1. The summed E-state index contributed by atoms with van der Waals surface area (Å²) in [6.07, 6.45) is 6.26. The quantitative estimate of drug-likeness (QED) is 0.931. The Hall–Kier alpha value is -0.940. The number of piperidine rings is 1. The van der Waals surface area contributed by atoms with Gasteiger partial charge in [-0.3, -0.25) is 4.79 Å². The summed E-state index contributed by atoms with van der Waals surface area (Å²) in [6.45, 7) is 5.94. The highest BCUT2D eigenvalue weighted by Crippen LogP contribution is 2.33. The van der Waals surface area contributed by atoms with Crippen molar-refractivity contribution in [1.29, 1.82) is 0 Å². The molecular formula is C17H27N3OS. The van der Waals surface area contributed by atoms with Gasteiger partial charge in [-0.1, -0.05) is 6.42 Å². The zero-order chi connectivity index (χ0) is 15.7. The molecule has 0 aromatic carbocycles. The molecule has 2 N–H and O–H groups in total. The molecule has 1 aromatic heterocycles. The minimum absolute atomic E-state index is 0.230. The van der Waals surface area contributed by atoms with Crippen LogP contribution < -0.4 is 5.73 Å². The molecule has 1 amide bonds. The summed E-state index contributed by atoms with van der Waals surface area (Å²) >= 11 is 1.80. The molecule has 2 aliphatic rings. The van der Waals surface area contributed by atoms with Crippen molar-refractivity contribution in [3.8, 4) is 0 Å². The third kappa shape index (κ3) is 3.35. The molecule has 2 fully saturated rings. The summed E-state index contributed by atoms with van der Waals surface area (Å²) in [6, 6.07) is 0.230. The number of likely N-dealkylation sites (tertiary alicyclic amines) is 1. The Labute approximate surface area is 137 Å². The molecule has 1 aliphatic heterocycles. The topological polar surface area (TPSA) is 59.2 Å². The van der Waals surface area contributed by atoms with E-state index in [-0.39, 0.29) is 6.04 Å². The smallest absolute Gasteiger partial charge is 0.222 e. The van der Waals surface area contributed by atoms with E-state index < -0.39 is 0 Å². The van der Waals surface area contributed by atoms with Gasteiger partial charge in [-0.15, -0.1) is 11.3 Å². The summed E-state index contributed by atoms with van der Waals surface area (Å²) in [4.78, 5) is 20.7. The maximum atomic E-state index is 12.6. The first-order valence-corrected chi connectivity index (χ1v) is 9.33. The predicted molar refractivity (Wildman–Crippen MR) is 90.1 cm³/mol. The van der Waals surface area contributed by atoms with Crippen LogP contribution in [0.3, 0.4) is 0 Å². The second-order valence-electron chi connectivity index (χ2n) is 6.93. The molecule has 1 aliphatic carbocycles. The maximum Gasteiger partial charge on any atom is 0.222 e. The Kier molecular flexibility index (Phi) is 4.83. The van der Waals surface area contributed by atoms with Gasteiger partial charge in [-0.25, -0.2) is 4.98 Å². The molecule has 1 unspecified atom stereocenters. The van der Waals surface area contributed by atoms with Crippen LogP contribution in [0.5, 0.6) is 0 Å². The van der Waals surface area contributed by atoms with Gasteiger partial charge in [0.05, 0.1) is 10.7 Å². The highest BCUT2D eigenvalue weighted by molar-refractivity contribution is 7.11. The minimum atomic E-state index is 0.230. The lowest BCUT2D eigenvalue weighted by molar-refractivity contribution is -0.133. The van der Waals surface area contributed by atoms with Crippen molar-refractivity contribution in [3.63, 3.8) is 0 Å². The Morgan fingerprint density at radius 2 is 2.14 bits per heavy atom. The number of thiazole rings is 1. The number of amides is 1. The number of nitrogens with zero attached hydrogens (tertiary/aromatic N) is 2. The lowest BCUT2D eigenvalue weighted by Gasteiger charge is -2.33. The number of rotatable bonds is 3. The van der Waals surface area contributed by atoms with Crippen molar-refractivity contribution in [2.24, 2.45) is 11.7 Å². The Balaban J connectivity index is 1.61. The zero-order valence-electron chi connectivity index (χ0n) is 13.7. The summed E-state index contributed by atoms with van der Waals surface area (Å²) in [5.41, 5.74) is 7.25. The molecule has 4 nitrogen and oxygen atoms in total. The third-order valence-corrected chi connectivity index (χ3v) is 6.56. The zero-order valence-corrected chi connectivity index (χ0v) is 14.5. The van der Waals surface area contributed by atoms with Crippen molar-refractivity contribution < 1.29 is 4.79 Å². The molecule has 3 atom stereocenters. The number of hydrogen-bond acceptors (Lipinski definition) is 4. The molecule has 0 radical (unpaired) electrons. The van der Waals surface area contributed by atoms with E-state index in [1.54, 1.807) is 11.3 Å². The summed E-state index contributed by atoms with van der Waals surface area (Å²) in [5, 5.41) is 1.21. The highest BCUT2D eigenvalue weighted by Gasteiger charge is 2.31. The van der Waals surface area contributed by atoms with Crippen molar-refractivity contribution in [3.05, 3.63) is 15.6 Å². The summed E-state index contributed by atoms with van der Waals surface area (Å²) in [5.74, 6) is 1.13. The predicted octanol–water partition coefficient (Wildman–Crippen LogP) is 2.98.